The number of benzene rings is 1. The van der Waals surface area contributed by atoms with E-state index < -0.39 is 15.6 Å². The molecule has 2 N–H and O–H groups in total. The second-order valence-corrected chi connectivity index (χ2v) is 8.21. The lowest BCUT2D eigenvalue weighted by molar-refractivity contribution is 0.0822. The van der Waals surface area contributed by atoms with E-state index in [4.69, 9.17) is 4.74 Å². The molecule has 1 aromatic carbocycles. The predicted molar refractivity (Wildman–Crippen MR) is 99.2 cm³/mol. The molecule has 0 atom stereocenters. The van der Waals surface area contributed by atoms with Crippen LogP contribution < -0.4 is 5.32 Å². The van der Waals surface area contributed by atoms with Crippen LogP contribution in [0.5, 0.6) is 5.75 Å². The van der Waals surface area contributed by atoms with Gasteiger partial charge in [-0.3, -0.25) is 4.79 Å². The van der Waals surface area contributed by atoms with Gasteiger partial charge in [0.15, 0.2) is 5.75 Å². The summed E-state index contributed by atoms with van der Waals surface area (Å²) in [5, 5.41) is 13.4. The van der Waals surface area contributed by atoms with Crippen LogP contribution in [-0.4, -0.2) is 57.3 Å². The highest BCUT2D eigenvalue weighted by Gasteiger charge is 2.30. The van der Waals surface area contributed by atoms with Gasteiger partial charge in [-0.05, 0) is 17.0 Å². The Labute approximate surface area is 152 Å². The Balaban J connectivity index is 2.58. The fourth-order valence-electron chi connectivity index (χ4n) is 2.42. The lowest BCUT2D eigenvalue weighted by Gasteiger charge is -2.25. The number of nitrogens with zero attached hydrogens (tertiary/aromatic N) is 3. The van der Waals surface area contributed by atoms with Gasteiger partial charge in [-0.2, -0.15) is 8.42 Å². The highest BCUT2D eigenvalue weighted by atomic mass is 32.2. The van der Waals surface area contributed by atoms with E-state index in [1.807, 2.05) is 20.8 Å². The van der Waals surface area contributed by atoms with Crippen molar-refractivity contribution in [3.8, 4) is 5.75 Å². The van der Waals surface area contributed by atoms with Crippen LogP contribution in [0, 0.1) is 0 Å². The van der Waals surface area contributed by atoms with Gasteiger partial charge >= 0.3 is 10.2 Å². The van der Waals surface area contributed by atoms with Crippen LogP contribution in [0.3, 0.4) is 0 Å². The average molecular weight is 382 g/mol. The Kier molecular flexibility index (Phi) is 5.00. The van der Waals surface area contributed by atoms with E-state index in [0.29, 0.717) is 5.56 Å². The van der Waals surface area contributed by atoms with Crippen molar-refractivity contribution in [2.45, 2.75) is 26.2 Å². The van der Waals surface area contributed by atoms with Gasteiger partial charge < -0.3 is 20.1 Å². The first-order valence-corrected chi connectivity index (χ1v) is 9.11. The molecule has 9 nitrogen and oxygen atoms in total. The maximum atomic E-state index is 12.6. The van der Waals surface area contributed by atoms with Crippen molar-refractivity contribution in [2.24, 2.45) is 8.80 Å². The molecule has 0 aromatic heterocycles. The minimum atomic E-state index is -4.03. The molecule has 1 amide bonds. The summed E-state index contributed by atoms with van der Waals surface area (Å²) in [6.45, 7) is 5.76. The standard InChI is InChI=1S/C16H22N4O5S/c1-16(2,3)9-7-8-10(12(21)11(9)15(22)20(4)5)17-13-14(25-6)19-26(23,24)18-13/h7-8,21H,1-6H3,(H,17,18). The summed E-state index contributed by atoms with van der Waals surface area (Å²) in [6.07, 6.45) is 0. The van der Waals surface area contributed by atoms with Gasteiger partial charge in [0, 0.05) is 14.1 Å². The zero-order valence-corrected chi connectivity index (χ0v) is 16.3. The van der Waals surface area contributed by atoms with E-state index in [2.05, 4.69) is 14.1 Å². The number of hydrogen-bond donors (Lipinski definition) is 2. The lowest BCUT2D eigenvalue weighted by Crippen LogP contribution is -2.27. The molecule has 26 heavy (non-hydrogen) atoms. The number of ether oxygens (including phenoxy) is 1. The van der Waals surface area contributed by atoms with Crippen molar-refractivity contribution in [1.82, 2.24) is 4.90 Å². The molecule has 10 heteroatoms. The molecule has 142 valence electrons. The predicted octanol–water partition coefficient (Wildman–Crippen LogP) is 1.51. The molecule has 0 aliphatic carbocycles. The maximum Gasteiger partial charge on any atom is 0.368 e. The molecule has 1 aliphatic heterocycles. The highest BCUT2D eigenvalue weighted by Crippen LogP contribution is 2.37. The smallest absolute Gasteiger partial charge is 0.368 e. The first-order chi connectivity index (χ1) is 11.9. The molecular weight excluding hydrogens is 360 g/mol. The molecule has 0 bridgehead atoms. The number of hydrogen-bond acceptors (Lipinski definition) is 6. The number of aromatic hydroxyl groups is 1. The molecule has 0 radical (unpaired) electrons. The Bertz CT molecular complexity index is 911. The molecule has 2 rings (SSSR count). The van der Waals surface area contributed by atoms with Crippen molar-refractivity contribution >= 4 is 33.5 Å². The third-order valence-corrected chi connectivity index (χ3v) is 4.47. The number of carbonyl (C=O) groups excluding carboxylic acids is 1. The normalized spacial score (nSPS) is 15.9. The molecule has 0 fully saturated rings. The zero-order chi connectivity index (χ0) is 19.9. The van der Waals surface area contributed by atoms with Crippen molar-refractivity contribution < 1.29 is 23.1 Å². The monoisotopic (exact) mass is 382 g/mol. The Morgan fingerprint density at radius 3 is 2.35 bits per heavy atom. The Hall–Kier alpha value is -2.62. The average Bonchev–Trinajstić information content (AvgIpc) is 2.81. The van der Waals surface area contributed by atoms with E-state index in [-0.39, 0.29) is 34.6 Å². The topological polar surface area (TPSA) is 121 Å². The van der Waals surface area contributed by atoms with Gasteiger partial charge in [0.2, 0.25) is 5.84 Å². The summed E-state index contributed by atoms with van der Waals surface area (Å²) >= 11 is 0. The minimum Gasteiger partial charge on any atom is -0.505 e. The second-order valence-electron chi connectivity index (χ2n) is 6.95. The van der Waals surface area contributed by atoms with E-state index in [9.17, 15) is 18.3 Å². The zero-order valence-electron chi connectivity index (χ0n) is 15.5. The van der Waals surface area contributed by atoms with Gasteiger partial charge in [0.05, 0.1) is 18.4 Å². The first kappa shape index (κ1) is 19.7. The van der Waals surface area contributed by atoms with Gasteiger partial charge in [-0.15, -0.1) is 8.80 Å². The fourth-order valence-corrected chi connectivity index (χ4v) is 3.18. The molecule has 0 unspecified atom stereocenters. The summed E-state index contributed by atoms with van der Waals surface area (Å²) in [7, 11) is 0.383. The fraction of sp³-hybridized carbons (Fsp3) is 0.438. The quantitative estimate of drug-likeness (QED) is 0.748. The van der Waals surface area contributed by atoms with Gasteiger partial charge in [0.1, 0.15) is 0 Å². The summed E-state index contributed by atoms with van der Waals surface area (Å²) < 4.78 is 34.7. The van der Waals surface area contributed by atoms with Crippen LogP contribution in [0.4, 0.5) is 5.69 Å². The van der Waals surface area contributed by atoms with Crippen LogP contribution in [0.1, 0.15) is 36.7 Å². The lowest BCUT2D eigenvalue weighted by atomic mass is 9.82. The van der Waals surface area contributed by atoms with Crippen LogP contribution in [0.25, 0.3) is 0 Å². The van der Waals surface area contributed by atoms with E-state index in [0.717, 1.165) is 0 Å². The van der Waals surface area contributed by atoms with Crippen molar-refractivity contribution in [3.05, 3.63) is 23.3 Å². The number of phenols is 1. The van der Waals surface area contributed by atoms with Crippen molar-refractivity contribution in [1.29, 1.82) is 0 Å². The number of rotatable bonds is 2. The summed E-state index contributed by atoms with van der Waals surface area (Å²) in [5.74, 6) is -1.09. The summed E-state index contributed by atoms with van der Waals surface area (Å²) in [6, 6.07) is 3.25. The van der Waals surface area contributed by atoms with Crippen molar-refractivity contribution in [2.75, 3.05) is 26.5 Å². The molecule has 0 spiro atoms. The number of amidine groups is 1. The van der Waals surface area contributed by atoms with Crippen LogP contribution >= 0.6 is 0 Å². The molecule has 1 aromatic rings. The third kappa shape index (κ3) is 3.79. The molecule has 1 heterocycles. The van der Waals surface area contributed by atoms with Crippen LogP contribution in [0.2, 0.25) is 0 Å². The summed E-state index contributed by atoms with van der Waals surface area (Å²) in [5.41, 5.74) is 0.499. The Morgan fingerprint density at radius 1 is 1.23 bits per heavy atom. The SMILES string of the molecule is COC1=NS(=O)(=O)N=C1Nc1ccc(C(C)(C)C)c(C(=O)N(C)C)c1O. The highest BCUT2D eigenvalue weighted by molar-refractivity contribution is 7.89. The molecule has 0 saturated heterocycles. The van der Waals surface area contributed by atoms with E-state index in [1.165, 1.54) is 12.0 Å². The minimum absolute atomic E-state index is 0.115. The maximum absolute atomic E-state index is 12.6. The van der Waals surface area contributed by atoms with E-state index in [1.54, 1.807) is 26.2 Å². The van der Waals surface area contributed by atoms with E-state index >= 15 is 0 Å². The number of anilines is 1. The number of amides is 1. The number of phenolic OH excluding ortho intramolecular Hbond substituents is 1. The molecular formula is C16H22N4O5S. The molecule has 1 aliphatic rings. The number of carbonyl (C=O) groups is 1. The summed E-state index contributed by atoms with van der Waals surface area (Å²) in [4.78, 5) is 14.0. The number of methoxy groups -OCH3 is 1. The first-order valence-electron chi connectivity index (χ1n) is 7.71. The largest absolute Gasteiger partial charge is 0.505 e. The van der Waals surface area contributed by atoms with Crippen LogP contribution in [0.15, 0.2) is 20.9 Å². The third-order valence-electron chi connectivity index (χ3n) is 3.66. The van der Waals surface area contributed by atoms with Crippen molar-refractivity contribution in [3.63, 3.8) is 0 Å². The van der Waals surface area contributed by atoms with Gasteiger partial charge in [0.25, 0.3) is 11.8 Å². The Morgan fingerprint density at radius 2 is 1.85 bits per heavy atom. The van der Waals surface area contributed by atoms with Gasteiger partial charge in [-0.25, -0.2) is 0 Å². The second kappa shape index (κ2) is 6.60. The van der Waals surface area contributed by atoms with Crippen LogP contribution in [-0.2, 0) is 20.4 Å². The number of nitrogens with one attached hydrogen (secondary N) is 1. The van der Waals surface area contributed by atoms with Gasteiger partial charge in [-0.1, -0.05) is 26.8 Å². The molecule has 0 saturated carbocycles.